The molecule has 2 fully saturated rings. The Morgan fingerprint density at radius 1 is 1.22 bits per heavy atom. The predicted octanol–water partition coefficient (Wildman–Crippen LogP) is 2.05. The van der Waals surface area contributed by atoms with E-state index in [1.54, 1.807) is 4.90 Å². The summed E-state index contributed by atoms with van der Waals surface area (Å²) in [5.41, 5.74) is 4.16. The number of carbonyl (C=O) groups excluding carboxylic acids is 2. The first-order chi connectivity index (χ1) is 12.8. The summed E-state index contributed by atoms with van der Waals surface area (Å²) in [6.07, 6.45) is 10.2. The van der Waals surface area contributed by atoms with Gasteiger partial charge in [-0.25, -0.2) is 10.2 Å². The summed E-state index contributed by atoms with van der Waals surface area (Å²) in [6, 6.07) is 0.224. The topological polar surface area (TPSA) is 73.9 Å². The number of hydrogen-bond donors (Lipinski definition) is 2. The van der Waals surface area contributed by atoms with E-state index in [1.165, 1.54) is 0 Å². The number of allylic oxidation sites excluding steroid dienone is 2. The van der Waals surface area contributed by atoms with Crippen molar-refractivity contribution in [2.24, 2.45) is 5.92 Å². The van der Waals surface area contributed by atoms with Crippen LogP contribution < -0.4 is 10.7 Å². The Bertz CT molecular complexity index is 726. The molecule has 7 nitrogen and oxygen atoms in total. The highest BCUT2D eigenvalue weighted by molar-refractivity contribution is 5.80. The highest BCUT2D eigenvalue weighted by atomic mass is 16.6. The van der Waals surface area contributed by atoms with E-state index in [0.29, 0.717) is 25.4 Å². The van der Waals surface area contributed by atoms with Gasteiger partial charge in [0.2, 0.25) is 5.91 Å². The average molecular weight is 372 g/mol. The van der Waals surface area contributed by atoms with E-state index in [9.17, 15) is 9.59 Å². The Hall–Kier alpha value is -2.28. The van der Waals surface area contributed by atoms with E-state index in [2.05, 4.69) is 27.9 Å². The molecule has 0 aromatic carbocycles. The van der Waals surface area contributed by atoms with Gasteiger partial charge in [0.15, 0.2) is 0 Å². The molecule has 4 rings (SSSR count). The molecule has 0 radical (unpaired) electrons. The average Bonchev–Trinajstić information content (AvgIpc) is 2.98. The van der Waals surface area contributed by atoms with Crippen molar-refractivity contribution in [3.8, 4) is 0 Å². The quantitative estimate of drug-likeness (QED) is 0.737. The molecule has 2 amide bonds. The largest absolute Gasteiger partial charge is 0.444 e. The van der Waals surface area contributed by atoms with Crippen LogP contribution in [-0.2, 0) is 9.53 Å². The van der Waals surface area contributed by atoms with E-state index in [1.807, 2.05) is 32.9 Å². The molecule has 3 heterocycles. The SMILES string of the molecule is CC(C)(C)OC(=O)N1CCC(C2CC(=O)NC3=C4C=CC=CC4NN32)CC1. The number of piperidine rings is 1. The first-order valence-electron chi connectivity index (χ1n) is 9.74. The monoisotopic (exact) mass is 372 g/mol. The smallest absolute Gasteiger partial charge is 0.410 e. The lowest BCUT2D eigenvalue weighted by Crippen LogP contribution is -2.57. The second-order valence-electron chi connectivity index (χ2n) is 8.65. The van der Waals surface area contributed by atoms with Gasteiger partial charge in [0.05, 0.1) is 12.1 Å². The molecule has 1 aliphatic carbocycles. The molecule has 0 aromatic rings. The zero-order valence-electron chi connectivity index (χ0n) is 16.2. The fourth-order valence-corrected chi connectivity index (χ4v) is 4.26. The van der Waals surface area contributed by atoms with Crippen molar-refractivity contribution in [1.29, 1.82) is 0 Å². The van der Waals surface area contributed by atoms with Crippen LogP contribution in [0, 0.1) is 5.92 Å². The molecule has 3 aliphatic heterocycles. The third-order valence-electron chi connectivity index (χ3n) is 5.54. The number of carbonyl (C=O) groups is 2. The molecule has 0 saturated carbocycles. The fraction of sp³-hybridized carbons (Fsp3) is 0.600. The molecular formula is C20H28N4O3. The van der Waals surface area contributed by atoms with Gasteiger partial charge in [0, 0.05) is 25.1 Å². The van der Waals surface area contributed by atoms with Crippen molar-refractivity contribution in [3.05, 3.63) is 35.7 Å². The van der Waals surface area contributed by atoms with Crippen LogP contribution in [0.4, 0.5) is 4.79 Å². The number of fused-ring (bicyclic) bond motifs is 2. The summed E-state index contributed by atoms with van der Waals surface area (Å²) in [6.45, 7) is 6.99. The van der Waals surface area contributed by atoms with Crippen LogP contribution in [0.1, 0.15) is 40.0 Å². The Morgan fingerprint density at radius 3 is 2.67 bits per heavy atom. The minimum Gasteiger partial charge on any atom is -0.444 e. The number of hydrogen-bond acceptors (Lipinski definition) is 5. The van der Waals surface area contributed by atoms with E-state index >= 15 is 0 Å². The fourth-order valence-electron chi connectivity index (χ4n) is 4.26. The van der Waals surface area contributed by atoms with Crippen LogP contribution in [0.5, 0.6) is 0 Å². The van der Waals surface area contributed by atoms with E-state index in [0.717, 1.165) is 24.2 Å². The van der Waals surface area contributed by atoms with Crippen molar-refractivity contribution >= 4 is 12.0 Å². The molecule has 2 N–H and O–H groups in total. The second-order valence-corrected chi connectivity index (χ2v) is 8.65. The molecule has 0 bridgehead atoms. The summed E-state index contributed by atoms with van der Waals surface area (Å²) in [4.78, 5) is 26.4. The van der Waals surface area contributed by atoms with Gasteiger partial charge in [0.25, 0.3) is 0 Å². The van der Waals surface area contributed by atoms with Crippen LogP contribution in [0.2, 0.25) is 0 Å². The van der Waals surface area contributed by atoms with Crippen molar-refractivity contribution in [3.63, 3.8) is 0 Å². The molecule has 0 aromatic heterocycles. The molecule has 2 unspecified atom stereocenters. The number of nitrogens with zero attached hydrogens (tertiary/aromatic N) is 2. The number of nitrogens with one attached hydrogen (secondary N) is 2. The van der Waals surface area contributed by atoms with Crippen LogP contribution in [-0.4, -0.2) is 52.7 Å². The second kappa shape index (κ2) is 6.71. The molecule has 2 saturated heterocycles. The van der Waals surface area contributed by atoms with Crippen molar-refractivity contribution in [2.75, 3.05) is 13.1 Å². The summed E-state index contributed by atoms with van der Waals surface area (Å²) >= 11 is 0. The summed E-state index contributed by atoms with van der Waals surface area (Å²) in [5.74, 6) is 1.31. The third kappa shape index (κ3) is 3.60. The lowest BCUT2D eigenvalue weighted by Gasteiger charge is -2.43. The molecule has 0 spiro atoms. The van der Waals surface area contributed by atoms with Gasteiger partial charge >= 0.3 is 6.09 Å². The summed E-state index contributed by atoms with van der Waals surface area (Å²) in [5, 5.41) is 5.18. The summed E-state index contributed by atoms with van der Waals surface area (Å²) in [7, 11) is 0. The molecule has 7 heteroatoms. The Morgan fingerprint density at radius 2 is 1.96 bits per heavy atom. The van der Waals surface area contributed by atoms with Gasteiger partial charge in [-0.15, -0.1) is 0 Å². The standard InChI is InChI=1S/C20H28N4O3/c1-20(2,3)27-19(26)23-10-8-13(9-11-23)16-12-17(25)21-18-14-6-4-5-7-15(14)22-24(16)18/h4-7,13,15-16,22H,8-12H2,1-3H3,(H,21,25). The van der Waals surface area contributed by atoms with Crippen molar-refractivity contribution in [2.45, 2.75) is 57.7 Å². The number of hydrazine groups is 1. The van der Waals surface area contributed by atoms with Gasteiger partial charge < -0.3 is 15.0 Å². The van der Waals surface area contributed by atoms with Crippen LogP contribution >= 0.6 is 0 Å². The minimum absolute atomic E-state index is 0.0683. The maximum absolute atomic E-state index is 12.3. The van der Waals surface area contributed by atoms with Crippen LogP contribution in [0.3, 0.4) is 0 Å². The first-order valence-corrected chi connectivity index (χ1v) is 9.74. The zero-order chi connectivity index (χ0) is 19.2. The van der Waals surface area contributed by atoms with Gasteiger partial charge in [-0.3, -0.25) is 9.80 Å². The molecule has 4 aliphatic rings. The van der Waals surface area contributed by atoms with Crippen LogP contribution in [0.15, 0.2) is 35.7 Å². The van der Waals surface area contributed by atoms with Gasteiger partial charge in [-0.1, -0.05) is 24.3 Å². The summed E-state index contributed by atoms with van der Waals surface area (Å²) < 4.78 is 5.49. The highest BCUT2D eigenvalue weighted by Crippen LogP contribution is 2.35. The number of ether oxygens (including phenoxy) is 1. The number of rotatable bonds is 1. The zero-order valence-corrected chi connectivity index (χ0v) is 16.2. The first kappa shape index (κ1) is 18.1. The van der Waals surface area contributed by atoms with E-state index < -0.39 is 5.60 Å². The normalized spacial score (nSPS) is 28.2. The number of likely N-dealkylation sites (tertiary alicyclic amines) is 1. The lowest BCUT2D eigenvalue weighted by molar-refractivity contribution is -0.126. The molecule has 27 heavy (non-hydrogen) atoms. The van der Waals surface area contributed by atoms with Gasteiger partial charge in [-0.05, 0) is 39.5 Å². The Balaban J connectivity index is 1.43. The highest BCUT2D eigenvalue weighted by Gasteiger charge is 2.43. The van der Waals surface area contributed by atoms with Gasteiger partial charge in [-0.2, -0.15) is 0 Å². The molecule has 2 atom stereocenters. The maximum Gasteiger partial charge on any atom is 0.410 e. The molecule has 146 valence electrons. The van der Waals surface area contributed by atoms with Crippen molar-refractivity contribution in [1.82, 2.24) is 20.7 Å². The minimum atomic E-state index is -0.479. The van der Waals surface area contributed by atoms with E-state index in [4.69, 9.17) is 4.74 Å². The molecular weight excluding hydrogens is 344 g/mol. The number of amides is 2. The third-order valence-corrected chi connectivity index (χ3v) is 5.54. The van der Waals surface area contributed by atoms with E-state index in [-0.39, 0.29) is 24.1 Å². The maximum atomic E-state index is 12.3. The Labute approximate surface area is 160 Å². The predicted molar refractivity (Wildman–Crippen MR) is 101 cm³/mol. The lowest BCUT2D eigenvalue weighted by atomic mass is 9.86. The van der Waals surface area contributed by atoms with Gasteiger partial charge in [0.1, 0.15) is 11.4 Å². The van der Waals surface area contributed by atoms with Crippen LogP contribution in [0.25, 0.3) is 0 Å². The van der Waals surface area contributed by atoms with Crippen molar-refractivity contribution < 1.29 is 14.3 Å². The Kier molecular flexibility index (Phi) is 4.50.